The summed E-state index contributed by atoms with van der Waals surface area (Å²) in [7, 11) is 1.46. The van der Waals surface area contributed by atoms with Gasteiger partial charge in [0.1, 0.15) is 6.61 Å². The molecule has 0 amide bonds. The molecule has 0 aliphatic rings. The average molecular weight is 437 g/mol. The summed E-state index contributed by atoms with van der Waals surface area (Å²) in [6.07, 6.45) is 0. The Kier molecular flexibility index (Phi) is 10.6. The molecule has 1 aromatic heterocycles. The van der Waals surface area contributed by atoms with Crippen LogP contribution in [0.1, 0.15) is 17.0 Å². The van der Waals surface area contributed by atoms with Crippen LogP contribution in [-0.2, 0) is 37.0 Å². The molecule has 0 bridgehead atoms. The predicted molar refractivity (Wildman–Crippen MR) is 104 cm³/mol. The van der Waals surface area contributed by atoms with Crippen molar-refractivity contribution >= 4 is 23.9 Å². The molecule has 1 aromatic rings. The van der Waals surface area contributed by atoms with Gasteiger partial charge in [0.25, 0.3) is 0 Å². The summed E-state index contributed by atoms with van der Waals surface area (Å²) in [5, 5.41) is 36.0. The quantitative estimate of drug-likeness (QED) is 0.278. The van der Waals surface area contributed by atoms with Crippen LogP contribution in [0, 0.1) is 11.8 Å². The second-order valence-corrected chi connectivity index (χ2v) is 6.44. The fourth-order valence-corrected chi connectivity index (χ4v) is 2.65. The molecule has 0 saturated heterocycles. The van der Waals surface area contributed by atoms with Crippen LogP contribution in [0.2, 0.25) is 0 Å². The number of aliphatic carboxylic acids is 4. The minimum atomic E-state index is -1.22. The van der Waals surface area contributed by atoms with E-state index in [0.29, 0.717) is 17.0 Å². The molecular formula is C19H23N3O9. The minimum absolute atomic E-state index is 0.122. The highest BCUT2D eigenvalue weighted by Gasteiger charge is 2.18. The minimum Gasteiger partial charge on any atom is -0.480 e. The summed E-state index contributed by atoms with van der Waals surface area (Å²) >= 11 is 0. The maximum Gasteiger partial charge on any atom is 0.317 e. The highest BCUT2D eigenvalue weighted by atomic mass is 16.5. The Labute approximate surface area is 177 Å². The van der Waals surface area contributed by atoms with Crippen LogP contribution >= 0.6 is 0 Å². The molecule has 12 nitrogen and oxygen atoms in total. The van der Waals surface area contributed by atoms with Crippen molar-refractivity contribution in [3.63, 3.8) is 0 Å². The fraction of sp³-hybridized carbons (Fsp3) is 0.421. The highest BCUT2D eigenvalue weighted by molar-refractivity contribution is 5.73. The summed E-state index contributed by atoms with van der Waals surface area (Å²) in [6.45, 7) is -2.24. The summed E-state index contributed by atoms with van der Waals surface area (Å²) in [6, 6.07) is 3.09. The molecule has 0 atom stereocenters. The number of rotatable bonds is 13. The Morgan fingerprint density at radius 3 is 1.55 bits per heavy atom. The van der Waals surface area contributed by atoms with Crippen LogP contribution in [0.4, 0.5) is 0 Å². The van der Waals surface area contributed by atoms with E-state index in [0.717, 1.165) is 9.80 Å². The number of methoxy groups -OCH3 is 1. The standard InChI is InChI=1S/C19H23N3O9/c1-31-4-2-3-13-5-14(7-21(9-16(23)24)10-17(25)26)20-15(6-13)8-22(11-18(27)28)12-19(29)30/h5-6H,4,7-12H2,1H3,(H,23,24)(H,25,26)(H,27,28)(H,29,30). The van der Waals surface area contributed by atoms with E-state index in [-0.39, 0.29) is 19.7 Å². The second kappa shape index (κ2) is 12.9. The molecule has 1 heterocycles. The Morgan fingerprint density at radius 1 is 0.839 bits per heavy atom. The van der Waals surface area contributed by atoms with Gasteiger partial charge in [-0.1, -0.05) is 11.8 Å². The number of carboxylic acid groups (broad SMARTS) is 4. The van der Waals surface area contributed by atoms with Gasteiger partial charge in [0.05, 0.1) is 37.6 Å². The van der Waals surface area contributed by atoms with Gasteiger partial charge in [-0.2, -0.15) is 0 Å². The Hall–Kier alpha value is -3.53. The zero-order valence-electron chi connectivity index (χ0n) is 16.8. The molecule has 1 rings (SSSR count). The van der Waals surface area contributed by atoms with Gasteiger partial charge in [-0.3, -0.25) is 34.0 Å². The Balaban J connectivity index is 3.24. The normalized spacial score (nSPS) is 10.5. The van der Waals surface area contributed by atoms with Gasteiger partial charge >= 0.3 is 23.9 Å². The molecule has 0 saturated carbocycles. The first kappa shape index (κ1) is 25.5. The largest absolute Gasteiger partial charge is 0.480 e. The lowest BCUT2D eigenvalue weighted by atomic mass is 10.1. The monoisotopic (exact) mass is 437 g/mol. The molecule has 168 valence electrons. The summed E-state index contributed by atoms with van der Waals surface area (Å²) in [5.41, 5.74) is 1.05. The number of pyridine rings is 1. The van der Waals surface area contributed by atoms with Crippen LogP contribution in [0.25, 0.3) is 0 Å². The fourth-order valence-electron chi connectivity index (χ4n) is 2.65. The third-order valence-electron chi connectivity index (χ3n) is 3.59. The van der Waals surface area contributed by atoms with Crippen molar-refractivity contribution in [2.45, 2.75) is 13.1 Å². The maximum atomic E-state index is 11.0. The molecule has 12 heteroatoms. The smallest absolute Gasteiger partial charge is 0.317 e. The van der Waals surface area contributed by atoms with E-state index in [1.54, 1.807) is 12.1 Å². The van der Waals surface area contributed by atoms with Crippen LogP contribution in [-0.4, -0.2) is 99.0 Å². The summed E-state index contributed by atoms with van der Waals surface area (Å²) < 4.78 is 4.86. The van der Waals surface area contributed by atoms with Gasteiger partial charge in [0.15, 0.2) is 0 Å². The topological polar surface area (TPSA) is 178 Å². The van der Waals surface area contributed by atoms with Gasteiger partial charge in [0, 0.05) is 25.8 Å². The van der Waals surface area contributed by atoms with Crippen molar-refractivity contribution in [3.05, 3.63) is 29.1 Å². The lowest BCUT2D eigenvalue weighted by Crippen LogP contribution is -2.35. The molecule has 0 spiro atoms. The maximum absolute atomic E-state index is 11.0. The van der Waals surface area contributed by atoms with Gasteiger partial charge < -0.3 is 25.2 Å². The number of hydrogen-bond donors (Lipinski definition) is 4. The lowest BCUT2D eigenvalue weighted by Gasteiger charge is -2.20. The Morgan fingerprint density at radius 2 is 1.23 bits per heavy atom. The Bertz CT molecular complexity index is 788. The number of aromatic nitrogens is 1. The highest BCUT2D eigenvalue weighted by Crippen LogP contribution is 2.11. The number of carbonyl (C=O) groups is 4. The molecule has 31 heavy (non-hydrogen) atoms. The summed E-state index contributed by atoms with van der Waals surface area (Å²) in [5.74, 6) is 0.692. The third kappa shape index (κ3) is 11.3. The molecule has 0 aliphatic carbocycles. The van der Waals surface area contributed by atoms with E-state index < -0.39 is 50.1 Å². The molecule has 0 radical (unpaired) electrons. The number of carboxylic acids is 4. The zero-order valence-corrected chi connectivity index (χ0v) is 16.8. The number of hydrogen-bond acceptors (Lipinski definition) is 8. The van der Waals surface area contributed by atoms with Gasteiger partial charge in [-0.25, -0.2) is 0 Å². The first-order valence-electron chi connectivity index (χ1n) is 8.88. The van der Waals surface area contributed by atoms with Crippen molar-refractivity contribution in [2.75, 3.05) is 39.9 Å². The van der Waals surface area contributed by atoms with Gasteiger partial charge in [-0.05, 0) is 12.1 Å². The van der Waals surface area contributed by atoms with Gasteiger partial charge in [0.2, 0.25) is 0 Å². The molecular weight excluding hydrogens is 414 g/mol. The first-order chi connectivity index (χ1) is 14.6. The lowest BCUT2D eigenvalue weighted by molar-refractivity contribution is -0.144. The van der Waals surface area contributed by atoms with Gasteiger partial charge in [-0.15, -0.1) is 0 Å². The molecule has 0 aliphatic heterocycles. The predicted octanol–water partition coefficient (Wildman–Crippen LogP) is -0.978. The SMILES string of the molecule is COCC#Cc1cc(CN(CC(=O)O)CC(=O)O)nc(CN(CC(=O)O)CC(=O)O)c1. The van der Waals surface area contributed by atoms with Crippen molar-refractivity contribution in [1.82, 2.24) is 14.8 Å². The van der Waals surface area contributed by atoms with E-state index in [9.17, 15) is 19.2 Å². The van der Waals surface area contributed by atoms with Crippen LogP contribution < -0.4 is 0 Å². The zero-order chi connectivity index (χ0) is 23.4. The van der Waals surface area contributed by atoms with Crippen molar-refractivity contribution in [1.29, 1.82) is 0 Å². The van der Waals surface area contributed by atoms with E-state index in [4.69, 9.17) is 25.2 Å². The molecule has 0 fully saturated rings. The van der Waals surface area contributed by atoms with Crippen LogP contribution in [0.3, 0.4) is 0 Å². The first-order valence-corrected chi connectivity index (χ1v) is 8.88. The number of ether oxygens (including phenoxy) is 1. The molecule has 4 N–H and O–H groups in total. The van der Waals surface area contributed by atoms with Crippen molar-refractivity contribution in [2.24, 2.45) is 0 Å². The van der Waals surface area contributed by atoms with E-state index >= 15 is 0 Å². The number of nitrogens with zero attached hydrogens (tertiary/aromatic N) is 3. The van der Waals surface area contributed by atoms with E-state index in [1.165, 1.54) is 7.11 Å². The van der Waals surface area contributed by atoms with Crippen LogP contribution in [0.15, 0.2) is 12.1 Å². The average Bonchev–Trinajstić information content (AvgIpc) is 2.59. The van der Waals surface area contributed by atoms with Crippen LogP contribution in [0.5, 0.6) is 0 Å². The van der Waals surface area contributed by atoms with E-state index in [1.807, 2.05) is 0 Å². The molecule has 0 aromatic carbocycles. The van der Waals surface area contributed by atoms with Crippen molar-refractivity contribution < 1.29 is 44.3 Å². The molecule has 0 unspecified atom stereocenters. The van der Waals surface area contributed by atoms with E-state index in [2.05, 4.69) is 16.8 Å². The second-order valence-electron chi connectivity index (χ2n) is 6.44. The van der Waals surface area contributed by atoms with Crippen molar-refractivity contribution in [3.8, 4) is 11.8 Å². The third-order valence-corrected chi connectivity index (χ3v) is 3.59. The summed E-state index contributed by atoms with van der Waals surface area (Å²) in [4.78, 5) is 50.7.